The van der Waals surface area contributed by atoms with E-state index in [1.807, 2.05) is 48.8 Å². The third-order valence-electron chi connectivity index (χ3n) is 5.19. The van der Waals surface area contributed by atoms with E-state index in [0.29, 0.717) is 18.9 Å². The highest BCUT2D eigenvalue weighted by molar-refractivity contribution is 7.09. The van der Waals surface area contributed by atoms with Crippen molar-refractivity contribution in [3.8, 4) is 0 Å². The summed E-state index contributed by atoms with van der Waals surface area (Å²) >= 11 is 1.64. The largest absolute Gasteiger partial charge is 0.352 e. The average Bonchev–Trinajstić information content (AvgIpc) is 3.40. The Morgan fingerprint density at radius 2 is 1.96 bits per heavy atom. The highest BCUT2D eigenvalue weighted by Gasteiger charge is 2.20. The molecular weight excluding hydrogens is 372 g/mol. The number of aromatic nitrogens is 2. The molecular formula is C21H24N4O2S. The second-order valence-electron chi connectivity index (χ2n) is 7.15. The maximum absolute atomic E-state index is 13.1. The number of thiophene rings is 1. The van der Waals surface area contributed by atoms with Crippen LogP contribution in [0.2, 0.25) is 0 Å². The lowest BCUT2D eigenvalue weighted by molar-refractivity contribution is -0.130. The molecule has 0 bridgehead atoms. The Morgan fingerprint density at radius 3 is 2.71 bits per heavy atom. The number of para-hydroxylation sites is 2. The number of fused-ring (bicyclic) bond motifs is 1. The summed E-state index contributed by atoms with van der Waals surface area (Å²) in [6.07, 6.45) is 2.45. The normalized spacial score (nSPS) is 14.0. The molecule has 0 radical (unpaired) electrons. The van der Waals surface area contributed by atoms with Gasteiger partial charge in [-0.25, -0.2) is 4.98 Å². The van der Waals surface area contributed by atoms with Gasteiger partial charge in [0, 0.05) is 38.0 Å². The Balaban J connectivity index is 1.57. The van der Waals surface area contributed by atoms with Crippen LogP contribution in [0.1, 0.15) is 24.1 Å². The highest BCUT2D eigenvalue weighted by Crippen LogP contribution is 2.19. The van der Waals surface area contributed by atoms with E-state index >= 15 is 0 Å². The van der Waals surface area contributed by atoms with E-state index in [-0.39, 0.29) is 17.9 Å². The number of nitrogens with zero attached hydrogens (tertiary/aromatic N) is 4. The smallest absolute Gasteiger partial charge is 0.294 e. The van der Waals surface area contributed by atoms with Gasteiger partial charge in [0.2, 0.25) is 5.91 Å². The standard InChI is InChI=1S/C21H24N4O2S/c1-23(15-16-7-6-14-28-16)19(26)10-13-25-18-9-3-2-8-17(18)22-20(21(25)27)24-11-4-5-12-24/h2-3,6-9,14H,4-5,10-13,15H2,1H3. The van der Waals surface area contributed by atoms with Gasteiger partial charge in [0.25, 0.3) is 5.56 Å². The van der Waals surface area contributed by atoms with Crippen molar-refractivity contribution < 1.29 is 4.79 Å². The Hall–Kier alpha value is -2.67. The molecule has 1 aliphatic heterocycles. The number of hydrogen-bond donors (Lipinski definition) is 0. The lowest BCUT2D eigenvalue weighted by atomic mass is 10.2. The fourth-order valence-electron chi connectivity index (χ4n) is 3.66. The molecule has 3 heterocycles. The molecule has 1 fully saturated rings. The molecule has 0 unspecified atom stereocenters. The zero-order valence-corrected chi connectivity index (χ0v) is 16.8. The molecule has 1 aromatic carbocycles. The van der Waals surface area contributed by atoms with Crippen molar-refractivity contribution in [2.24, 2.45) is 0 Å². The van der Waals surface area contributed by atoms with Crippen LogP contribution < -0.4 is 10.5 Å². The van der Waals surface area contributed by atoms with Crippen LogP contribution >= 0.6 is 11.3 Å². The molecule has 7 heteroatoms. The summed E-state index contributed by atoms with van der Waals surface area (Å²) < 4.78 is 1.72. The lowest BCUT2D eigenvalue weighted by Gasteiger charge is -2.20. The molecule has 2 aromatic heterocycles. The topological polar surface area (TPSA) is 58.4 Å². The number of amides is 1. The van der Waals surface area contributed by atoms with E-state index in [2.05, 4.69) is 9.88 Å². The molecule has 3 aromatic rings. The number of carbonyl (C=O) groups is 1. The van der Waals surface area contributed by atoms with Crippen molar-refractivity contribution in [1.82, 2.24) is 14.5 Å². The van der Waals surface area contributed by atoms with Crippen LogP contribution in [0.3, 0.4) is 0 Å². The minimum absolute atomic E-state index is 0.0314. The monoisotopic (exact) mass is 396 g/mol. The number of aryl methyl sites for hydroxylation is 1. The number of benzene rings is 1. The second-order valence-corrected chi connectivity index (χ2v) is 8.19. The summed E-state index contributed by atoms with van der Waals surface area (Å²) in [4.78, 5) is 35.3. The molecule has 0 aliphatic carbocycles. The van der Waals surface area contributed by atoms with Gasteiger partial charge in [0.05, 0.1) is 17.6 Å². The first-order chi connectivity index (χ1) is 13.6. The van der Waals surface area contributed by atoms with Crippen LogP contribution in [0, 0.1) is 0 Å². The van der Waals surface area contributed by atoms with Crippen molar-refractivity contribution in [2.45, 2.75) is 32.4 Å². The van der Waals surface area contributed by atoms with Gasteiger partial charge in [-0.05, 0) is 36.4 Å². The molecule has 0 spiro atoms. The van der Waals surface area contributed by atoms with E-state index < -0.39 is 0 Å². The van der Waals surface area contributed by atoms with Crippen molar-refractivity contribution in [1.29, 1.82) is 0 Å². The molecule has 0 saturated carbocycles. The average molecular weight is 397 g/mol. The van der Waals surface area contributed by atoms with Gasteiger partial charge in [-0.3, -0.25) is 9.59 Å². The summed E-state index contributed by atoms with van der Waals surface area (Å²) in [5.74, 6) is 0.541. The zero-order valence-electron chi connectivity index (χ0n) is 16.0. The summed E-state index contributed by atoms with van der Waals surface area (Å²) in [7, 11) is 1.81. The van der Waals surface area contributed by atoms with E-state index in [0.717, 1.165) is 41.8 Å². The highest BCUT2D eigenvalue weighted by atomic mass is 32.1. The van der Waals surface area contributed by atoms with Crippen molar-refractivity contribution in [2.75, 3.05) is 25.0 Å². The molecule has 0 atom stereocenters. The van der Waals surface area contributed by atoms with Crippen LogP contribution in [0.5, 0.6) is 0 Å². The maximum atomic E-state index is 13.1. The van der Waals surface area contributed by atoms with Crippen molar-refractivity contribution in [3.63, 3.8) is 0 Å². The molecule has 28 heavy (non-hydrogen) atoms. The number of anilines is 1. The molecule has 146 valence electrons. The van der Waals surface area contributed by atoms with Crippen LogP contribution in [0.25, 0.3) is 11.0 Å². The first-order valence-corrected chi connectivity index (χ1v) is 10.5. The third kappa shape index (κ3) is 3.80. The van der Waals surface area contributed by atoms with Gasteiger partial charge >= 0.3 is 0 Å². The number of hydrogen-bond acceptors (Lipinski definition) is 5. The molecule has 0 N–H and O–H groups in total. The number of rotatable bonds is 6. The molecule has 1 saturated heterocycles. The van der Waals surface area contributed by atoms with Crippen molar-refractivity contribution >= 4 is 34.1 Å². The Kier molecular flexibility index (Phi) is 5.43. The summed E-state index contributed by atoms with van der Waals surface area (Å²) in [5, 5.41) is 2.01. The first kappa shape index (κ1) is 18.7. The van der Waals surface area contributed by atoms with E-state index in [4.69, 9.17) is 0 Å². The van der Waals surface area contributed by atoms with E-state index in [9.17, 15) is 9.59 Å². The molecule has 4 rings (SSSR count). The van der Waals surface area contributed by atoms with Gasteiger partial charge in [0.15, 0.2) is 5.82 Å². The van der Waals surface area contributed by atoms with Gasteiger partial charge in [-0.1, -0.05) is 18.2 Å². The summed E-state index contributed by atoms with van der Waals surface area (Å²) in [6, 6.07) is 11.7. The van der Waals surface area contributed by atoms with Gasteiger partial charge < -0.3 is 14.4 Å². The fraction of sp³-hybridized carbons (Fsp3) is 0.381. The van der Waals surface area contributed by atoms with E-state index in [1.54, 1.807) is 20.8 Å². The summed E-state index contributed by atoms with van der Waals surface area (Å²) in [6.45, 7) is 2.68. The zero-order chi connectivity index (χ0) is 19.5. The van der Waals surface area contributed by atoms with Gasteiger partial charge in [-0.15, -0.1) is 11.3 Å². The molecule has 6 nitrogen and oxygen atoms in total. The van der Waals surface area contributed by atoms with Crippen LogP contribution in [-0.4, -0.2) is 40.5 Å². The number of carbonyl (C=O) groups excluding carboxylic acids is 1. The minimum Gasteiger partial charge on any atom is -0.352 e. The van der Waals surface area contributed by atoms with Crippen LogP contribution in [-0.2, 0) is 17.9 Å². The quantitative estimate of drug-likeness (QED) is 0.642. The second kappa shape index (κ2) is 8.14. The predicted octanol–water partition coefficient (Wildman–Crippen LogP) is 3.11. The SMILES string of the molecule is CN(Cc1cccs1)C(=O)CCn1c(=O)c(N2CCCC2)nc2ccccc21. The third-order valence-corrected chi connectivity index (χ3v) is 6.05. The van der Waals surface area contributed by atoms with Gasteiger partial charge in [-0.2, -0.15) is 0 Å². The Bertz CT molecular complexity index is 1020. The Labute approximate surface area is 168 Å². The molecule has 1 amide bonds. The first-order valence-electron chi connectivity index (χ1n) is 9.64. The summed E-state index contributed by atoms with van der Waals surface area (Å²) in [5.41, 5.74) is 1.47. The van der Waals surface area contributed by atoms with Crippen LogP contribution in [0.4, 0.5) is 5.82 Å². The van der Waals surface area contributed by atoms with Crippen LogP contribution in [0.15, 0.2) is 46.6 Å². The van der Waals surface area contributed by atoms with Gasteiger partial charge in [0.1, 0.15) is 0 Å². The predicted molar refractivity (Wildman–Crippen MR) is 113 cm³/mol. The van der Waals surface area contributed by atoms with E-state index in [1.165, 1.54) is 0 Å². The lowest BCUT2D eigenvalue weighted by Crippen LogP contribution is -2.33. The fourth-order valence-corrected chi connectivity index (χ4v) is 4.42. The minimum atomic E-state index is -0.102. The Morgan fingerprint density at radius 1 is 1.18 bits per heavy atom. The molecule has 1 aliphatic rings. The maximum Gasteiger partial charge on any atom is 0.294 e. The van der Waals surface area contributed by atoms with Crippen molar-refractivity contribution in [3.05, 3.63) is 57.0 Å².